The molecule has 6 heteroatoms. The van der Waals surface area contributed by atoms with Crippen LogP contribution in [0.15, 0.2) is 53.3 Å². The van der Waals surface area contributed by atoms with E-state index in [0.29, 0.717) is 22.7 Å². The van der Waals surface area contributed by atoms with Gasteiger partial charge in [-0.25, -0.2) is 9.48 Å². The Kier molecular flexibility index (Phi) is 4.27. The average molecular weight is 343 g/mol. The third kappa shape index (κ3) is 3.12. The van der Waals surface area contributed by atoms with Crippen LogP contribution in [0.25, 0.3) is 5.69 Å². The van der Waals surface area contributed by atoms with Crippen molar-refractivity contribution >= 4 is 17.6 Å². The molecule has 122 valence electrons. The summed E-state index contributed by atoms with van der Waals surface area (Å²) >= 11 is 5.88. The monoisotopic (exact) mass is 342 g/mol. The summed E-state index contributed by atoms with van der Waals surface area (Å²) in [6.45, 7) is 1.84. The molecular formula is C18H15ClN2O3. The van der Waals surface area contributed by atoms with E-state index in [9.17, 15) is 9.59 Å². The van der Waals surface area contributed by atoms with E-state index in [1.165, 1.54) is 16.8 Å². The van der Waals surface area contributed by atoms with Crippen molar-refractivity contribution in [3.8, 4) is 5.69 Å². The van der Waals surface area contributed by atoms with Crippen molar-refractivity contribution in [1.82, 2.24) is 9.78 Å². The number of aromatic carboxylic acids is 1. The summed E-state index contributed by atoms with van der Waals surface area (Å²) in [5.74, 6) is -0.968. The van der Waals surface area contributed by atoms with Crippen LogP contribution in [-0.4, -0.2) is 20.9 Å². The molecule has 0 saturated carbocycles. The topological polar surface area (TPSA) is 75.1 Å². The van der Waals surface area contributed by atoms with Crippen molar-refractivity contribution in [2.45, 2.75) is 13.3 Å². The van der Waals surface area contributed by atoms with Gasteiger partial charge in [-0.15, -0.1) is 0 Å². The maximum Gasteiger partial charge on any atom is 0.335 e. The lowest BCUT2D eigenvalue weighted by Gasteiger charge is -2.01. The number of aromatic nitrogens is 2. The number of aryl methyl sites for hydroxylation is 1. The number of carboxylic acid groups (broad SMARTS) is 1. The number of H-pyrrole nitrogens is 1. The SMILES string of the molecule is Cc1[nH]n(-c2ccc(Cl)cc2)c(=O)c1Cc1ccc(C(=O)O)cc1. The largest absolute Gasteiger partial charge is 0.478 e. The molecule has 0 aliphatic rings. The molecule has 0 bridgehead atoms. The number of rotatable bonds is 4. The minimum Gasteiger partial charge on any atom is -0.478 e. The van der Waals surface area contributed by atoms with Crippen molar-refractivity contribution in [1.29, 1.82) is 0 Å². The number of carbonyl (C=O) groups is 1. The van der Waals surface area contributed by atoms with Crippen LogP contribution in [0.5, 0.6) is 0 Å². The second-order valence-corrected chi connectivity index (χ2v) is 5.95. The summed E-state index contributed by atoms with van der Waals surface area (Å²) in [5, 5.41) is 12.6. The van der Waals surface area contributed by atoms with E-state index in [4.69, 9.17) is 16.7 Å². The molecule has 0 spiro atoms. The normalized spacial score (nSPS) is 10.8. The molecule has 0 fully saturated rings. The first kappa shape index (κ1) is 16.1. The van der Waals surface area contributed by atoms with E-state index in [0.717, 1.165) is 11.3 Å². The summed E-state index contributed by atoms with van der Waals surface area (Å²) in [5.41, 5.74) is 3.10. The Labute approximate surface area is 143 Å². The highest BCUT2D eigenvalue weighted by atomic mass is 35.5. The van der Waals surface area contributed by atoms with Crippen LogP contribution in [0.2, 0.25) is 5.02 Å². The summed E-state index contributed by atoms with van der Waals surface area (Å²) in [6.07, 6.45) is 0.432. The molecule has 0 amide bonds. The van der Waals surface area contributed by atoms with E-state index in [2.05, 4.69) is 5.10 Å². The van der Waals surface area contributed by atoms with E-state index >= 15 is 0 Å². The Balaban J connectivity index is 1.93. The molecular weight excluding hydrogens is 328 g/mol. The minimum absolute atomic E-state index is 0.128. The molecule has 2 N–H and O–H groups in total. The molecule has 5 nitrogen and oxygen atoms in total. The number of hydrogen-bond donors (Lipinski definition) is 2. The molecule has 0 unspecified atom stereocenters. The highest BCUT2D eigenvalue weighted by Gasteiger charge is 2.13. The third-order valence-electron chi connectivity index (χ3n) is 3.86. The number of benzene rings is 2. The van der Waals surface area contributed by atoms with Gasteiger partial charge in [-0.1, -0.05) is 23.7 Å². The van der Waals surface area contributed by atoms with Crippen LogP contribution in [0.1, 0.15) is 27.2 Å². The van der Waals surface area contributed by atoms with Crippen molar-refractivity contribution in [3.05, 3.63) is 86.3 Å². The summed E-state index contributed by atoms with van der Waals surface area (Å²) in [4.78, 5) is 23.6. The van der Waals surface area contributed by atoms with Gasteiger partial charge in [-0.05, 0) is 48.9 Å². The van der Waals surface area contributed by atoms with Gasteiger partial charge in [-0.3, -0.25) is 9.89 Å². The van der Waals surface area contributed by atoms with Crippen LogP contribution < -0.4 is 5.56 Å². The minimum atomic E-state index is -0.968. The fourth-order valence-corrected chi connectivity index (χ4v) is 2.66. The fourth-order valence-electron chi connectivity index (χ4n) is 2.53. The van der Waals surface area contributed by atoms with Crippen molar-refractivity contribution < 1.29 is 9.90 Å². The number of carboxylic acids is 1. The zero-order valence-electron chi connectivity index (χ0n) is 12.9. The van der Waals surface area contributed by atoms with Gasteiger partial charge >= 0.3 is 5.97 Å². The first-order chi connectivity index (χ1) is 11.5. The molecule has 1 aromatic heterocycles. The molecule has 0 aliphatic heterocycles. The third-order valence-corrected chi connectivity index (χ3v) is 4.11. The molecule has 0 atom stereocenters. The van der Waals surface area contributed by atoms with E-state index in [1.807, 2.05) is 6.92 Å². The Bertz CT molecular complexity index is 938. The molecule has 3 aromatic rings. The summed E-state index contributed by atoms with van der Waals surface area (Å²) in [6, 6.07) is 13.5. The number of nitrogens with zero attached hydrogens (tertiary/aromatic N) is 1. The fraction of sp³-hybridized carbons (Fsp3) is 0.111. The summed E-state index contributed by atoms with van der Waals surface area (Å²) in [7, 11) is 0. The van der Waals surface area contributed by atoms with Gasteiger partial charge in [0.2, 0.25) is 0 Å². The lowest BCUT2D eigenvalue weighted by molar-refractivity contribution is 0.0697. The lowest BCUT2D eigenvalue weighted by Crippen LogP contribution is -2.17. The van der Waals surface area contributed by atoms with Crippen molar-refractivity contribution in [2.75, 3.05) is 0 Å². The van der Waals surface area contributed by atoms with Crippen LogP contribution in [-0.2, 0) is 6.42 Å². The highest BCUT2D eigenvalue weighted by molar-refractivity contribution is 6.30. The lowest BCUT2D eigenvalue weighted by atomic mass is 10.0. The predicted molar refractivity (Wildman–Crippen MR) is 92.3 cm³/mol. The number of aromatic amines is 1. The Morgan fingerprint density at radius 1 is 1.12 bits per heavy atom. The first-order valence-electron chi connectivity index (χ1n) is 7.34. The van der Waals surface area contributed by atoms with Gasteiger partial charge in [0.15, 0.2) is 0 Å². The van der Waals surface area contributed by atoms with Gasteiger partial charge in [0.25, 0.3) is 5.56 Å². The Morgan fingerprint density at radius 2 is 1.75 bits per heavy atom. The second kappa shape index (κ2) is 6.37. The Hall–Kier alpha value is -2.79. The van der Waals surface area contributed by atoms with E-state index in [-0.39, 0.29) is 11.1 Å². The first-order valence-corrected chi connectivity index (χ1v) is 7.72. The van der Waals surface area contributed by atoms with E-state index in [1.54, 1.807) is 36.4 Å². The zero-order valence-corrected chi connectivity index (χ0v) is 13.7. The van der Waals surface area contributed by atoms with Gasteiger partial charge in [0.1, 0.15) is 0 Å². The second-order valence-electron chi connectivity index (χ2n) is 5.51. The quantitative estimate of drug-likeness (QED) is 0.763. The number of hydrogen-bond acceptors (Lipinski definition) is 2. The molecule has 0 saturated heterocycles. The van der Waals surface area contributed by atoms with Crippen LogP contribution in [0, 0.1) is 6.92 Å². The van der Waals surface area contributed by atoms with Gasteiger partial charge < -0.3 is 5.11 Å². The van der Waals surface area contributed by atoms with Crippen LogP contribution >= 0.6 is 11.6 Å². The average Bonchev–Trinajstić information content (AvgIpc) is 2.84. The molecule has 2 aromatic carbocycles. The molecule has 0 radical (unpaired) electrons. The maximum absolute atomic E-state index is 12.7. The summed E-state index contributed by atoms with van der Waals surface area (Å²) < 4.78 is 1.48. The Morgan fingerprint density at radius 3 is 2.33 bits per heavy atom. The van der Waals surface area contributed by atoms with Crippen LogP contribution in [0.4, 0.5) is 0 Å². The van der Waals surface area contributed by atoms with Crippen molar-refractivity contribution in [3.63, 3.8) is 0 Å². The van der Waals surface area contributed by atoms with E-state index < -0.39 is 5.97 Å². The van der Waals surface area contributed by atoms with Gasteiger partial charge in [0.05, 0.1) is 11.3 Å². The van der Waals surface area contributed by atoms with Gasteiger partial charge in [0, 0.05) is 22.7 Å². The predicted octanol–water partition coefficient (Wildman–Crippen LogP) is 3.42. The standard InChI is InChI=1S/C18H15ClN2O3/c1-11-16(10-12-2-4-13(5-3-12)18(23)24)17(22)21(20-11)15-8-6-14(19)7-9-15/h2-9,20H,10H2,1H3,(H,23,24). The number of nitrogens with one attached hydrogen (secondary N) is 1. The highest BCUT2D eigenvalue weighted by Crippen LogP contribution is 2.15. The molecule has 3 rings (SSSR count). The smallest absolute Gasteiger partial charge is 0.335 e. The number of halogens is 1. The van der Waals surface area contributed by atoms with Crippen LogP contribution in [0.3, 0.4) is 0 Å². The zero-order chi connectivity index (χ0) is 17.3. The molecule has 24 heavy (non-hydrogen) atoms. The maximum atomic E-state index is 12.7. The molecule has 0 aliphatic carbocycles. The molecule has 1 heterocycles. The van der Waals surface area contributed by atoms with Crippen molar-refractivity contribution in [2.24, 2.45) is 0 Å². The van der Waals surface area contributed by atoms with Gasteiger partial charge in [-0.2, -0.15) is 0 Å².